The standard InChI is InChI=1S/C26H27N2/c1-18-12-9-10-17-23(18)28-21(4)25(22-15-7-6-8-16-22)27(5)26(28)24-19(2)13-11-14-20(24)3/h6-17H,1-5H3/q+1. The normalized spacial score (nSPS) is 11.0. The van der Waals surface area contributed by atoms with Gasteiger partial charge in [-0.05, 0) is 43.5 Å². The van der Waals surface area contributed by atoms with Gasteiger partial charge in [0.2, 0.25) is 0 Å². The van der Waals surface area contributed by atoms with Crippen LogP contribution in [0, 0.1) is 27.7 Å². The third kappa shape index (κ3) is 2.86. The fourth-order valence-corrected chi connectivity index (χ4v) is 4.32. The van der Waals surface area contributed by atoms with Crippen LogP contribution in [0.15, 0.2) is 72.8 Å². The van der Waals surface area contributed by atoms with Gasteiger partial charge in [-0.1, -0.05) is 66.7 Å². The first kappa shape index (κ1) is 18.2. The first-order valence-electron chi connectivity index (χ1n) is 9.80. The van der Waals surface area contributed by atoms with Gasteiger partial charge in [-0.3, -0.25) is 0 Å². The number of benzene rings is 3. The molecule has 2 heteroatoms. The van der Waals surface area contributed by atoms with Gasteiger partial charge >= 0.3 is 0 Å². The van der Waals surface area contributed by atoms with E-state index in [0.29, 0.717) is 0 Å². The third-order valence-corrected chi connectivity index (χ3v) is 5.65. The van der Waals surface area contributed by atoms with E-state index in [9.17, 15) is 0 Å². The summed E-state index contributed by atoms with van der Waals surface area (Å²) >= 11 is 0. The minimum Gasteiger partial charge on any atom is -0.225 e. The van der Waals surface area contributed by atoms with Crippen molar-refractivity contribution in [2.45, 2.75) is 27.7 Å². The summed E-state index contributed by atoms with van der Waals surface area (Å²) in [6.07, 6.45) is 0. The maximum atomic E-state index is 2.42. The Morgan fingerprint density at radius 3 is 1.86 bits per heavy atom. The second-order valence-electron chi connectivity index (χ2n) is 7.57. The molecule has 0 aliphatic carbocycles. The van der Waals surface area contributed by atoms with E-state index < -0.39 is 0 Å². The molecule has 1 heterocycles. The van der Waals surface area contributed by atoms with E-state index in [1.807, 2.05) is 0 Å². The molecule has 140 valence electrons. The number of hydrogen-bond donors (Lipinski definition) is 0. The highest BCUT2D eigenvalue weighted by Crippen LogP contribution is 2.33. The Labute approximate surface area is 167 Å². The van der Waals surface area contributed by atoms with Gasteiger partial charge in [0.15, 0.2) is 11.4 Å². The van der Waals surface area contributed by atoms with E-state index in [-0.39, 0.29) is 0 Å². The van der Waals surface area contributed by atoms with Crippen LogP contribution in [0.2, 0.25) is 0 Å². The van der Waals surface area contributed by atoms with E-state index in [0.717, 1.165) is 0 Å². The first-order valence-corrected chi connectivity index (χ1v) is 9.80. The topological polar surface area (TPSA) is 8.81 Å². The highest BCUT2D eigenvalue weighted by molar-refractivity contribution is 5.70. The highest BCUT2D eigenvalue weighted by Gasteiger charge is 2.31. The smallest absolute Gasteiger partial charge is 0.225 e. The molecule has 0 fully saturated rings. The molecule has 0 amide bonds. The number of aromatic nitrogens is 2. The monoisotopic (exact) mass is 367 g/mol. The first-order chi connectivity index (χ1) is 13.5. The summed E-state index contributed by atoms with van der Waals surface area (Å²) in [5, 5.41) is 0. The molecule has 3 aromatic carbocycles. The number of rotatable bonds is 3. The number of imidazole rings is 1. The van der Waals surface area contributed by atoms with Crippen molar-refractivity contribution in [1.82, 2.24) is 4.57 Å². The van der Waals surface area contributed by atoms with Gasteiger partial charge in [0.25, 0.3) is 5.82 Å². The van der Waals surface area contributed by atoms with Gasteiger partial charge in [-0.15, -0.1) is 0 Å². The summed E-state index contributed by atoms with van der Waals surface area (Å²) in [5.74, 6) is 1.22. The molecule has 0 radical (unpaired) electrons. The Morgan fingerprint density at radius 1 is 0.643 bits per heavy atom. The van der Waals surface area contributed by atoms with Crippen molar-refractivity contribution in [2.75, 3.05) is 0 Å². The summed E-state index contributed by atoms with van der Waals surface area (Å²) in [5.41, 5.74) is 10.1. The minimum absolute atomic E-state index is 1.22. The molecular formula is C26H27N2+. The minimum atomic E-state index is 1.22. The van der Waals surface area contributed by atoms with Crippen molar-refractivity contribution in [3.05, 3.63) is 95.2 Å². The van der Waals surface area contributed by atoms with Crippen LogP contribution in [0.4, 0.5) is 0 Å². The van der Waals surface area contributed by atoms with Crippen LogP contribution in [0.5, 0.6) is 0 Å². The molecule has 28 heavy (non-hydrogen) atoms. The van der Waals surface area contributed by atoms with Crippen LogP contribution in [0.1, 0.15) is 22.4 Å². The van der Waals surface area contributed by atoms with Gasteiger partial charge in [-0.25, -0.2) is 4.57 Å². The molecule has 0 N–H and O–H groups in total. The zero-order valence-electron chi connectivity index (χ0n) is 17.3. The van der Waals surface area contributed by atoms with E-state index >= 15 is 0 Å². The summed E-state index contributed by atoms with van der Waals surface area (Å²) in [4.78, 5) is 0. The summed E-state index contributed by atoms with van der Waals surface area (Å²) in [6, 6.07) is 25.9. The Hall–Kier alpha value is -3.13. The molecule has 0 unspecified atom stereocenters. The Bertz CT molecular complexity index is 1130. The zero-order valence-corrected chi connectivity index (χ0v) is 17.3. The fourth-order valence-electron chi connectivity index (χ4n) is 4.32. The van der Waals surface area contributed by atoms with Gasteiger partial charge < -0.3 is 0 Å². The highest BCUT2D eigenvalue weighted by atomic mass is 15.2. The van der Waals surface area contributed by atoms with E-state index in [4.69, 9.17) is 0 Å². The van der Waals surface area contributed by atoms with Crippen molar-refractivity contribution < 1.29 is 4.57 Å². The van der Waals surface area contributed by atoms with Crippen molar-refractivity contribution >= 4 is 0 Å². The molecule has 0 aliphatic rings. The van der Waals surface area contributed by atoms with Crippen LogP contribution >= 0.6 is 0 Å². The number of aryl methyl sites for hydroxylation is 3. The molecular weight excluding hydrogens is 340 g/mol. The third-order valence-electron chi connectivity index (χ3n) is 5.65. The molecule has 4 rings (SSSR count). The molecule has 0 bridgehead atoms. The lowest BCUT2D eigenvalue weighted by Gasteiger charge is -2.10. The Kier molecular flexibility index (Phi) is 4.64. The quantitative estimate of drug-likeness (QED) is 0.401. The van der Waals surface area contributed by atoms with Crippen LogP contribution in [-0.4, -0.2) is 4.57 Å². The van der Waals surface area contributed by atoms with Crippen molar-refractivity contribution in [3.8, 4) is 28.3 Å². The number of hydrogen-bond acceptors (Lipinski definition) is 0. The molecule has 0 aliphatic heterocycles. The molecule has 0 atom stereocenters. The average molecular weight is 368 g/mol. The Balaban J connectivity index is 2.15. The number of para-hydroxylation sites is 1. The molecule has 0 saturated carbocycles. The Morgan fingerprint density at radius 2 is 1.21 bits per heavy atom. The van der Waals surface area contributed by atoms with E-state index in [1.54, 1.807) is 0 Å². The van der Waals surface area contributed by atoms with Crippen LogP contribution in [0.25, 0.3) is 28.3 Å². The van der Waals surface area contributed by atoms with Crippen molar-refractivity contribution in [1.29, 1.82) is 0 Å². The van der Waals surface area contributed by atoms with Gasteiger partial charge in [-0.2, -0.15) is 4.57 Å². The predicted molar refractivity (Wildman–Crippen MR) is 117 cm³/mol. The fraction of sp³-hybridized carbons (Fsp3) is 0.192. The lowest BCUT2D eigenvalue weighted by atomic mass is 10.0. The lowest BCUT2D eigenvalue weighted by molar-refractivity contribution is -0.648. The zero-order chi connectivity index (χ0) is 19.8. The molecule has 1 aromatic heterocycles. The average Bonchev–Trinajstić information content (AvgIpc) is 2.93. The van der Waals surface area contributed by atoms with Gasteiger partial charge in [0.05, 0.1) is 12.6 Å². The van der Waals surface area contributed by atoms with Crippen LogP contribution in [0.3, 0.4) is 0 Å². The van der Waals surface area contributed by atoms with Crippen molar-refractivity contribution in [3.63, 3.8) is 0 Å². The van der Waals surface area contributed by atoms with E-state index in [1.165, 1.54) is 50.7 Å². The summed E-state index contributed by atoms with van der Waals surface area (Å²) in [6.45, 7) is 8.82. The SMILES string of the molecule is Cc1ccccc1-n1c(C)c(-c2ccccc2)[n+](C)c1-c1c(C)cccc1C. The van der Waals surface area contributed by atoms with Crippen LogP contribution < -0.4 is 4.57 Å². The maximum Gasteiger partial charge on any atom is 0.295 e. The molecule has 2 nitrogen and oxygen atoms in total. The molecule has 0 saturated heterocycles. The van der Waals surface area contributed by atoms with Gasteiger partial charge in [0.1, 0.15) is 5.69 Å². The molecule has 4 aromatic rings. The predicted octanol–water partition coefficient (Wildman–Crippen LogP) is 5.87. The van der Waals surface area contributed by atoms with Crippen LogP contribution in [-0.2, 0) is 7.05 Å². The molecule has 0 spiro atoms. The second-order valence-corrected chi connectivity index (χ2v) is 7.57. The summed E-state index contributed by atoms with van der Waals surface area (Å²) in [7, 11) is 2.19. The maximum absolute atomic E-state index is 2.42. The van der Waals surface area contributed by atoms with Gasteiger partial charge in [0, 0.05) is 12.5 Å². The largest absolute Gasteiger partial charge is 0.295 e. The van der Waals surface area contributed by atoms with Crippen molar-refractivity contribution in [2.24, 2.45) is 7.05 Å². The summed E-state index contributed by atoms with van der Waals surface area (Å²) < 4.78 is 4.78. The lowest BCUT2D eigenvalue weighted by Crippen LogP contribution is -2.32. The number of nitrogens with zero attached hydrogens (tertiary/aromatic N) is 2. The van der Waals surface area contributed by atoms with E-state index in [2.05, 4.69) is 117 Å². The second kappa shape index (κ2) is 7.12.